The van der Waals surface area contributed by atoms with Crippen molar-refractivity contribution < 1.29 is 14.7 Å². The monoisotopic (exact) mass is 269 g/mol. The molecular formula is C15H27NO3. The van der Waals surface area contributed by atoms with E-state index in [1.54, 1.807) is 11.8 Å². The Morgan fingerprint density at radius 1 is 1.37 bits per heavy atom. The number of nitrogens with zero attached hydrogens (tertiary/aromatic N) is 1. The maximum atomic E-state index is 12.4. The van der Waals surface area contributed by atoms with Crippen molar-refractivity contribution in [2.45, 2.75) is 71.3 Å². The third kappa shape index (κ3) is 3.71. The van der Waals surface area contributed by atoms with Gasteiger partial charge in [-0.25, -0.2) is 4.79 Å². The van der Waals surface area contributed by atoms with Crippen LogP contribution in [0.3, 0.4) is 0 Å². The van der Waals surface area contributed by atoms with Crippen molar-refractivity contribution in [3.63, 3.8) is 0 Å². The Labute approximate surface area is 116 Å². The lowest BCUT2D eigenvalue weighted by molar-refractivity contribution is -0.155. The van der Waals surface area contributed by atoms with Crippen LogP contribution in [0.5, 0.6) is 0 Å². The summed E-state index contributed by atoms with van der Waals surface area (Å²) in [6, 6.07) is 0. The van der Waals surface area contributed by atoms with E-state index in [0.717, 1.165) is 32.1 Å². The number of hydrogen-bond acceptors (Lipinski definition) is 2. The highest BCUT2D eigenvalue weighted by Crippen LogP contribution is 2.31. The lowest BCUT2D eigenvalue weighted by Gasteiger charge is -2.32. The number of hydrogen-bond donors (Lipinski definition) is 1. The van der Waals surface area contributed by atoms with Crippen molar-refractivity contribution in [1.29, 1.82) is 0 Å². The number of carboxylic acids is 1. The van der Waals surface area contributed by atoms with Crippen molar-refractivity contribution in [2.24, 2.45) is 5.92 Å². The number of carboxylic acid groups (broad SMARTS) is 1. The Bertz CT molecular complexity index is 329. The van der Waals surface area contributed by atoms with Crippen LogP contribution in [0.25, 0.3) is 0 Å². The van der Waals surface area contributed by atoms with Crippen LogP contribution in [0.15, 0.2) is 0 Å². The summed E-state index contributed by atoms with van der Waals surface area (Å²) in [7, 11) is 0. The fraction of sp³-hybridized carbons (Fsp3) is 0.867. The number of unbranched alkanes of at least 4 members (excludes halogenated alkanes) is 1. The molecule has 1 aliphatic rings. The smallest absolute Gasteiger partial charge is 0.329 e. The molecule has 0 spiro atoms. The van der Waals surface area contributed by atoms with Crippen LogP contribution in [-0.2, 0) is 9.59 Å². The molecule has 2 unspecified atom stereocenters. The van der Waals surface area contributed by atoms with Crippen LogP contribution < -0.4 is 0 Å². The van der Waals surface area contributed by atoms with Gasteiger partial charge in [0.2, 0.25) is 5.91 Å². The van der Waals surface area contributed by atoms with Gasteiger partial charge in [0, 0.05) is 13.0 Å². The Balaban J connectivity index is 2.63. The van der Waals surface area contributed by atoms with Gasteiger partial charge in [0.25, 0.3) is 0 Å². The second kappa shape index (κ2) is 6.92. The van der Waals surface area contributed by atoms with E-state index < -0.39 is 11.5 Å². The minimum absolute atomic E-state index is 0.0188. The number of likely N-dealkylation sites (tertiary alicyclic amines) is 1. The summed E-state index contributed by atoms with van der Waals surface area (Å²) in [6.07, 6.45) is 6.20. The van der Waals surface area contributed by atoms with Gasteiger partial charge in [0.1, 0.15) is 5.54 Å². The van der Waals surface area contributed by atoms with Crippen molar-refractivity contribution >= 4 is 11.9 Å². The first-order valence-corrected chi connectivity index (χ1v) is 7.49. The fourth-order valence-electron chi connectivity index (χ4n) is 2.89. The van der Waals surface area contributed by atoms with Crippen LogP contribution in [-0.4, -0.2) is 34.0 Å². The average Bonchev–Trinajstić information content (AvgIpc) is 2.77. The molecule has 1 heterocycles. The molecule has 2 atom stereocenters. The Morgan fingerprint density at radius 2 is 2.05 bits per heavy atom. The van der Waals surface area contributed by atoms with E-state index in [0.29, 0.717) is 25.3 Å². The third-order valence-corrected chi connectivity index (χ3v) is 4.41. The van der Waals surface area contributed by atoms with Gasteiger partial charge in [-0.3, -0.25) is 4.79 Å². The highest BCUT2D eigenvalue weighted by Gasteiger charge is 2.45. The van der Waals surface area contributed by atoms with Gasteiger partial charge in [0.15, 0.2) is 0 Å². The van der Waals surface area contributed by atoms with E-state index in [4.69, 9.17) is 0 Å². The summed E-state index contributed by atoms with van der Waals surface area (Å²) in [5.41, 5.74) is -0.986. The first-order valence-electron chi connectivity index (χ1n) is 7.49. The minimum Gasteiger partial charge on any atom is -0.480 e. The maximum absolute atomic E-state index is 12.4. The number of amides is 1. The van der Waals surface area contributed by atoms with Gasteiger partial charge in [0.05, 0.1) is 0 Å². The van der Waals surface area contributed by atoms with E-state index in [9.17, 15) is 14.7 Å². The van der Waals surface area contributed by atoms with Crippen molar-refractivity contribution in [3.8, 4) is 0 Å². The molecule has 0 aliphatic carbocycles. The number of rotatable bonds is 7. The molecule has 0 radical (unpaired) electrons. The summed E-state index contributed by atoms with van der Waals surface area (Å²) < 4.78 is 0. The maximum Gasteiger partial charge on any atom is 0.329 e. The molecule has 19 heavy (non-hydrogen) atoms. The zero-order valence-electron chi connectivity index (χ0n) is 12.4. The first-order chi connectivity index (χ1) is 8.95. The molecule has 1 fully saturated rings. The molecule has 0 aromatic rings. The topological polar surface area (TPSA) is 57.6 Å². The molecule has 1 amide bonds. The molecular weight excluding hydrogens is 242 g/mol. The minimum atomic E-state index is -0.986. The summed E-state index contributed by atoms with van der Waals surface area (Å²) in [4.78, 5) is 25.3. The van der Waals surface area contributed by atoms with Gasteiger partial charge in [-0.05, 0) is 32.1 Å². The third-order valence-electron chi connectivity index (χ3n) is 4.41. The van der Waals surface area contributed by atoms with Crippen molar-refractivity contribution in [3.05, 3.63) is 0 Å². The second-order valence-corrected chi connectivity index (χ2v) is 5.85. The normalized spacial score (nSPS) is 24.5. The molecule has 0 saturated carbocycles. The van der Waals surface area contributed by atoms with Crippen molar-refractivity contribution in [1.82, 2.24) is 4.90 Å². The fourth-order valence-corrected chi connectivity index (χ4v) is 2.89. The lowest BCUT2D eigenvalue weighted by atomic mass is 9.93. The van der Waals surface area contributed by atoms with E-state index in [-0.39, 0.29) is 5.91 Å². The Kier molecular flexibility index (Phi) is 5.83. The van der Waals surface area contributed by atoms with Crippen molar-refractivity contribution in [2.75, 3.05) is 6.54 Å². The highest BCUT2D eigenvalue weighted by molar-refractivity contribution is 5.87. The predicted molar refractivity (Wildman–Crippen MR) is 74.9 cm³/mol. The molecule has 1 saturated heterocycles. The Morgan fingerprint density at radius 3 is 2.58 bits per heavy atom. The molecule has 1 rings (SSSR count). The van der Waals surface area contributed by atoms with Crippen LogP contribution in [0.1, 0.15) is 65.7 Å². The van der Waals surface area contributed by atoms with Gasteiger partial charge >= 0.3 is 5.97 Å². The number of aliphatic carboxylic acids is 1. The number of carbonyl (C=O) groups is 2. The highest BCUT2D eigenvalue weighted by atomic mass is 16.4. The summed E-state index contributed by atoms with van der Waals surface area (Å²) in [6.45, 7) is 6.52. The van der Waals surface area contributed by atoms with Gasteiger partial charge in [-0.1, -0.05) is 33.1 Å². The zero-order chi connectivity index (χ0) is 14.5. The van der Waals surface area contributed by atoms with E-state index in [1.165, 1.54) is 0 Å². The van der Waals surface area contributed by atoms with Gasteiger partial charge in [-0.2, -0.15) is 0 Å². The molecule has 4 nitrogen and oxygen atoms in total. The standard InChI is InChI=1S/C15H27NO3/c1-4-6-8-12(5-2)11-13(17)16-10-7-9-15(16,3)14(18)19/h12H,4-11H2,1-3H3,(H,18,19). The number of carbonyl (C=O) groups excluding carboxylic acids is 1. The van der Waals surface area contributed by atoms with Crippen LogP contribution in [0.2, 0.25) is 0 Å². The molecule has 0 aromatic carbocycles. The SMILES string of the molecule is CCCCC(CC)CC(=O)N1CCCC1(C)C(=O)O. The molecule has 1 aliphatic heterocycles. The average molecular weight is 269 g/mol. The van der Waals surface area contributed by atoms with Crippen LogP contribution in [0.4, 0.5) is 0 Å². The summed E-state index contributed by atoms with van der Waals surface area (Å²) >= 11 is 0. The van der Waals surface area contributed by atoms with Crippen LogP contribution in [0, 0.1) is 5.92 Å². The van der Waals surface area contributed by atoms with Gasteiger partial charge < -0.3 is 10.0 Å². The molecule has 4 heteroatoms. The van der Waals surface area contributed by atoms with Crippen LogP contribution >= 0.6 is 0 Å². The largest absolute Gasteiger partial charge is 0.480 e. The first kappa shape index (κ1) is 16.0. The van der Waals surface area contributed by atoms with E-state index in [1.807, 2.05) is 0 Å². The zero-order valence-corrected chi connectivity index (χ0v) is 12.4. The molecule has 1 N–H and O–H groups in total. The second-order valence-electron chi connectivity index (χ2n) is 5.85. The summed E-state index contributed by atoms with van der Waals surface area (Å²) in [5.74, 6) is -0.462. The van der Waals surface area contributed by atoms with E-state index in [2.05, 4.69) is 13.8 Å². The molecule has 0 aromatic heterocycles. The van der Waals surface area contributed by atoms with Gasteiger partial charge in [-0.15, -0.1) is 0 Å². The quantitative estimate of drug-likeness (QED) is 0.772. The van der Waals surface area contributed by atoms with E-state index >= 15 is 0 Å². The lowest BCUT2D eigenvalue weighted by Crippen LogP contribution is -2.51. The molecule has 0 bridgehead atoms. The molecule has 110 valence electrons. The summed E-state index contributed by atoms with van der Waals surface area (Å²) in [5, 5.41) is 9.33. The Hall–Kier alpha value is -1.06. The predicted octanol–water partition coefficient (Wildman–Crippen LogP) is 3.06.